The molecule has 128 valence electrons. The summed E-state index contributed by atoms with van der Waals surface area (Å²) in [6.45, 7) is 3.15. The van der Waals surface area contributed by atoms with Gasteiger partial charge >= 0.3 is 6.03 Å². The predicted octanol–water partition coefficient (Wildman–Crippen LogP) is 2.51. The molecule has 0 spiro atoms. The lowest BCUT2D eigenvalue weighted by Gasteiger charge is -2.32. The Bertz CT molecular complexity index is 632. The largest absolute Gasteiger partial charge is 0.497 e. The molecule has 2 aromatic rings. The van der Waals surface area contributed by atoms with Crippen LogP contribution in [0.5, 0.6) is 5.75 Å². The van der Waals surface area contributed by atoms with Gasteiger partial charge in [-0.1, -0.05) is 12.1 Å². The third-order valence-electron chi connectivity index (χ3n) is 4.53. The van der Waals surface area contributed by atoms with Crippen LogP contribution in [0.15, 0.2) is 43.0 Å². The first kappa shape index (κ1) is 16.4. The Kier molecular flexibility index (Phi) is 5.36. The van der Waals surface area contributed by atoms with Gasteiger partial charge in [0.1, 0.15) is 5.75 Å². The number of piperidine rings is 1. The van der Waals surface area contributed by atoms with Crippen molar-refractivity contribution in [3.8, 4) is 5.75 Å². The molecule has 2 heterocycles. The maximum atomic E-state index is 12.3. The number of imidazole rings is 1. The maximum Gasteiger partial charge on any atom is 0.317 e. The number of rotatable bonds is 5. The molecular weight excluding hydrogens is 304 g/mol. The summed E-state index contributed by atoms with van der Waals surface area (Å²) in [5, 5.41) is 3.00. The number of aromatic nitrogens is 2. The summed E-state index contributed by atoms with van der Waals surface area (Å²) in [6.07, 6.45) is 7.73. The molecule has 0 radical (unpaired) electrons. The van der Waals surface area contributed by atoms with E-state index in [0.717, 1.165) is 43.8 Å². The highest BCUT2D eigenvalue weighted by Gasteiger charge is 2.22. The van der Waals surface area contributed by atoms with Crippen molar-refractivity contribution in [2.45, 2.75) is 25.9 Å². The van der Waals surface area contributed by atoms with Crippen molar-refractivity contribution in [3.05, 3.63) is 48.5 Å². The summed E-state index contributed by atoms with van der Waals surface area (Å²) in [7, 11) is 1.65. The molecule has 0 atom stereocenters. The number of urea groups is 1. The molecule has 24 heavy (non-hydrogen) atoms. The molecule has 0 aliphatic carbocycles. The van der Waals surface area contributed by atoms with Crippen LogP contribution in [0.1, 0.15) is 18.4 Å². The number of nitrogens with zero attached hydrogens (tertiary/aromatic N) is 3. The Morgan fingerprint density at radius 3 is 2.67 bits per heavy atom. The number of hydrogen-bond acceptors (Lipinski definition) is 3. The summed E-state index contributed by atoms with van der Waals surface area (Å²) >= 11 is 0. The Labute approximate surface area is 142 Å². The van der Waals surface area contributed by atoms with Crippen LogP contribution in [0.4, 0.5) is 4.79 Å². The van der Waals surface area contributed by atoms with Crippen molar-refractivity contribution < 1.29 is 9.53 Å². The van der Waals surface area contributed by atoms with E-state index in [1.807, 2.05) is 47.9 Å². The molecule has 1 saturated heterocycles. The van der Waals surface area contributed by atoms with Crippen LogP contribution in [0.25, 0.3) is 0 Å². The third-order valence-corrected chi connectivity index (χ3v) is 4.53. The zero-order valence-corrected chi connectivity index (χ0v) is 14.0. The zero-order valence-electron chi connectivity index (χ0n) is 14.0. The van der Waals surface area contributed by atoms with Crippen LogP contribution in [0.2, 0.25) is 0 Å². The molecule has 2 amide bonds. The smallest absolute Gasteiger partial charge is 0.317 e. The van der Waals surface area contributed by atoms with Crippen molar-refractivity contribution in [2.75, 3.05) is 20.2 Å². The van der Waals surface area contributed by atoms with Gasteiger partial charge in [0.15, 0.2) is 0 Å². The number of carbonyl (C=O) groups excluding carboxylic acids is 1. The fraction of sp³-hybridized carbons (Fsp3) is 0.444. The van der Waals surface area contributed by atoms with E-state index in [1.165, 1.54) is 0 Å². The van der Waals surface area contributed by atoms with Gasteiger partial charge in [-0.15, -0.1) is 0 Å². The maximum absolute atomic E-state index is 12.3. The third kappa shape index (κ3) is 4.28. The van der Waals surface area contributed by atoms with E-state index in [-0.39, 0.29) is 6.03 Å². The van der Waals surface area contributed by atoms with Crippen molar-refractivity contribution in [2.24, 2.45) is 5.92 Å². The van der Waals surface area contributed by atoms with Crippen LogP contribution < -0.4 is 10.1 Å². The molecule has 6 heteroatoms. The molecule has 0 bridgehead atoms. The fourth-order valence-electron chi connectivity index (χ4n) is 3.04. The highest BCUT2D eigenvalue weighted by molar-refractivity contribution is 5.74. The molecule has 1 aromatic carbocycles. The van der Waals surface area contributed by atoms with E-state index < -0.39 is 0 Å². The van der Waals surface area contributed by atoms with Gasteiger partial charge in [-0.25, -0.2) is 9.78 Å². The van der Waals surface area contributed by atoms with E-state index in [2.05, 4.69) is 14.9 Å². The van der Waals surface area contributed by atoms with Gasteiger partial charge in [-0.3, -0.25) is 0 Å². The molecule has 3 rings (SSSR count). The van der Waals surface area contributed by atoms with E-state index in [9.17, 15) is 4.79 Å². The lowest BCUT2D eigenvalue weighted by atomic mass is 9.97. The van der Waals surface area contributed by atoms with Gasteiger partial charge in [0.05, 0.1) is 13.4 Å². The molecule has 0 unspecified atom stereocenters. The van der Waals surface area contributed by atoms with Crippen LogP contribution in [0, 0.1) is 5.92 Å². The van der Waals surface area contributed by atoms with E-state index in [0.29, 0.717) is 12.5 Å². The van der Waals surface area contributed by atoms with Crippen molar-refractivity contribution >= 4 is 6.03 Å². The van der Waals surface area contributed by atoms with Gasteiger partial charge in [-0.05, 0) is 36.5 Å². The number of nitrogens with one attached hydrogen (secondary N) is 1. The van der Waals surface area contributed by atoms with Crippen molar-refractivity contribution in [1.82, 2.24) is 19.8 Å². The number of amides is 2. The van der Waals surface area contributed by atoms with Crippen molar-refractivity contribution in [1.29, 1.82) is 0 Å². The average molecular weight is 328 g/mol. The molecule has 1 aliphatic rings. The normalized spacial score (nSPS) is 15.3. The van der Waals surface area contributed by atoms with Crippen LogP contribution >= 0.6 is 0 Å². The minimum Gasteiger partial charge on any atom is -0.497 e. The van der Waals surface area contributed by atoms with Crippen molar-refractivity contribution in [3.63, 3.8) is 0 Å². The topological polar surface area (TPSA) is 59.4 Å². The Morgan fingerprint density at radius 1 is 1.29 bits per heavy atom. The first-order valence-corrected chi connectivity index (χ1v) is 8.36. The van der Waals surface area contributed by atoms with E-state index >= 15 is 0 Å². The minimum absolute atomic E-state index is 0.0203. The lowest BCUT2D eigenvalue weighted by Crippen LogP contribution is -2.44. The first-order chi connectivity index (χ1) is 11.7. The summed E-state index contributed by atoms with van der Waals surface area (Å²) in [4.78, 5) is 18.3. The van der Waals surface area contributed by atoms with Gasteiger partial charge in [0, 0.05) is 38.6 Å². The number of likely N-dealkylation sites (tertiary alicyclic amines) is 1. The Morgan fingerprint density at radius 2 is 2.04 bits per heavy atom. The number of methoxy groups -OCH3 is 1. The van der Waals surface area contributed by atoms with Crippen LogP contribution in [-0.4, -0.2) is 40.7 Å². The number of hydrogen-bond donors (Lipinski definition) is 1. The van der Waals surface area contributed by atoms with Gasteiger partial charge in [0.25, 0.3) is 0 Å². The van der Waals surface area contributed by atoms with Gasteiger partial charge in [-0.2, -0.15) is 0 Å². The number of benzene rings is 1. The fourth-order valence-corrected chi connectivity index (χ4v) is 3.04. The SMILES string of the molecule is COc1ccc(CNC(=O)N2CCC(Cn3ccnc3)CC2)cc1. The quantitative estimate of drug-likeness (QED) is 0.917. The highest BCUT2D eigenvalue weighted by atomic mass is 16.5. The van der Waals surface area contributed by atoms with Crippen LogP contribution in [0.3, 0.4) is 0 Å². The number of ether oxygens (including phenoxy) is 1. The minimum atomic E-state index is 0.0203. The molecular formula is C18H24N4O2. The number of carbonyl (C=O) groups is 1. The molecule has 1 aromatic heterocycles. The summed E-state index contributed by atoms with van der Waals surface area (Å²) in [5.41, 5.74) is 1.07. The highest BCUT2D eigenvalue weighted by Crippen LogP contribution is 2.19. The van der Waals surface area contributed by atoms with Gasteiger partial charge in [0.2, 0.25) is 0 Å². The molecule has 6 nitrogen and oxygen atoms in total. The Hall–Kier alpha value is -2.50. The first-order valence-electron chi connectivity index (χ1n) is 8.36. The van der Waals surface area contributed by atoms with E-state index in [4.69, 9.17) is 4.74 Å². The van der Waals surface area contributed by atoms with E-state index in [1.54, 1.807) is 7.11 Å². The summed E-state index contributed by atoms with van der Waals surface area (Å²) in [5.74, 6) is 1.44. The second kappa shape index (κ2) is 7.86. The van der Waals surface area contributed by atoms with Crippen LogP contribution in [-0.2, 0) is 13.1 Å². The zero-order chi connectivity index (χ0) is 16.8. The van der Waals surface area contributed by atoms with Gasteiger partial charge < -0.3 is 19.5 Å². The monoisotopic (exact) mass is 328 g/mol. The molecule has 1 fully saturated rings. The summed E-state index contributed by atoms with van der Waals surface area (Å²) in [6, 6.07) is 7.77. The Balaban J connectivity index is 1.41. The standard InChI is InChI=1S/C18H24N4O2/c1-24-17-4-2-15(3-5-17)12-20-18(23)22-9-6-16(7-10-22)13-21-11-8-19-14-21/h2-5,8,11,14,16H,6-7,9-10,12-13H2,1H3,(H,20,23). The lowest BCUT2D eigenvalue weighted by molar-refractivity contribution is 0.165. The molecule has 0 saturated carbocycles. The molecule has 1 aliphatic heterocycles. The second-order valence-corrected chi connectivity index (χ2v) is 6.20. The predicted molar refractivity (Wildman–Crippen MR) is 91.8 cm³/mol. The average Bonchev–Trinajstić information content (AvgIpc) is 3.14. The second-order valence-electron chi connectivity index (χ2n) is 6.20. The molecule has 1 N–H and O–H groups in total. The summed E-state index contributed by atoms with van der Waals surface area (Å²) < 4.78 is 7.25.